The third-order valence-electron chi connectivity index (χ3n) is 6.45. The second-order valence-corrected chi connectivity index (χ2v) is 9.65. The Bertz CT molecular complexity index is 1050. The van der Waals surface area contributed by atoms with Gasteiger partial charge >= 0.3 is 12.1 Å². The first-order valence-corrected chi connectivity index (χ1v) is 10.6. The number of aliphatic hydroxyl groups is 1. The van der Waals surface area contributed by atoms with Gasteiger partial charge in [0, 0.05) is 11.0 Å². The second-order valence-electron chi connectivity index (χ2n) is 9.65. The van der Waals surface area contributed by atoms with Crippen LogP contribution in [0.4, 0.5) is 10.5 Å². The maximum atomic E-state index is 14.2. The van der Waals surface area contributed by atoms with E-state index in [2.05, 4.69) is 0 Å². The first-order valence-electron chi connectivity index (χ1n) is 10.6. The maximum Gasteiger partial charge on any atom is 0.421 e. The Balaban J connectivity index is 2.35. The predicted octanol–water partition coefficient (Wildman–Crippen LogP) is 3.12. The van der Waals surface area contributed by atoms with Crippen molar-refractivity contribution in [2.24, 2.45) is 5.41 Å². The number of amides is 2. The first-order chi connectivity index (χ1) is 15.3. The molecule has 0 saturated heterocycles. The summed E-state index contributed by atoms with van der Waals surface area (Å²) in [6.45, 7) is 8.14. The van der Waals surface area contributed by atoms with E-state index in [9.17, 15) is 19.5 Å². The van der Waals surface area contributed by atoms with E-state index >= 15 is 0 Å². The molecule has 1 heterocycles. The number of imide groups is 1. The van der Waals surface area contributed by atoms with E-state index < -0.39 is 41.0 Å². The van der Waals surface area contributed by atoms with Crippen molar-refractivity contribution in [1.29, 1.82) is 0 Å². The third kappa shape index (κ3) is 3.37. The zero-order chi connectivity index (χ0) is 24.9. The number of benzene rings is 1. The van der Waals surface area contributed by atoms with Crippen LogP contribution in [-0.4, -0.2) is 56.6 Å². The lowest BCUT2D eigenvalue weighted by Crippen LogP contribution is -2.51. The molecule has 0 bridgehead atoms. The molecule has 1 spiro atoms. The van der Waals surface area contributed by atoms with Crippen molar-refractivity contribution >= 4 is 23.7 Å². The molecule has 0 radical (unpaired) electrons. The normalized spacial score (nSPS) is 21.4. The number of hydrogen-bond acceptors (Lipinski definition) is 8. The van der Waals surface area contributed by atoms with Gasteiger partial charge in [-0.3, -0.25) is 4.79 Å². The molecule has 1 aromatic rings. The van der Waals surface area contributed by atoms with Crippen LogP contribution >= 0.6 is 0 Å². The molecule has 2 amide bonds. The molecule has 1 aliphatic heterocycles. The molecule has 1 N–H and O–H groups in total. The lowest BCUT2D eigenvalue weighted by Gasteiger charge is -2.38. The highest BCUT2D eigenvalue weighted by Crippen LogP contribution is 2.64. The van der Waals surface area contributed by atoms with Crippen molar-refractivity contribution in [1.82, 2.24) is 0 Å². The van der Waals surface area contributed by atoms with Gasteiger partial charge in [0.05, 0.1) is 33.4 Å². The molecule has 2 aliphatic rings. The number of anilines is 1. The number of carbonyl (C=O) groups is 3. The van der Waals surface area contributed by atoms with Crippen molar-refractivity contribution in [3.05, 3.63) is 28.8 Å². The molecule has 9 heteroatoms. The zero-order valence-electron chi connectivity index (χ0n) is 20.3. The van der Waals surface area contributed by atoms with Gasteiger partial charge < -0.3 is 24.1 Å². The molecule has 9 nitrogen and oxygen atoms in total. The summed E-state index contributed by atoms with van der Waals surface area (Å²) in [5.74, 6) is -0.687. The predicted molar refractivity (Wildman–Crippen MR) is 119 cm³/mol. The van der Waals surface area contributed by atoms with Crippen molar-refractivity contribution in [2.75, 3.05) is 32.8 Å². The Kier molecular flexibility index (Phi) is 6.00. The van der Waals surface area contributed by atoms with Gasteiger partial charge in [0.1, 0.15) is 11.3 Å². The highest BCUT2D eigenvalue weighted by Gasteiger charge is 2.67. The summed E-state index contributed by atoms with van der Waals surface area (Å²) in [5, 5.41) is 10.1. The van der Waals surface area contributed by atoms with Gasteiger partial charge in [0.15, 0.2) is 11.5 Å². The minimum atomic E-state index is -1.37. The van der Waals surface area contributed by atoms with Gasteiger partial charge in [-0.1, -0.05) is 19.9 Å². The number of ether oxygens (including phenoxy) is 4. The Morgan fingerprint density at radius 2 is 1.76 bits per heavy atom. The van der Waals surface area contributed by atoms with Gasteiger partial charge in [-0.25, -0.2) is 14.5 Å². The minimum Gasteiger partial charge on any atom is -0.493 e. The monoisotopic (exact) mass is 461 g/mol. The standard InChI is InChI=1S/C24H31NO8/c1-22(2,3)33-21(29)25-17-14(9-10-15(30-6)18(17)31-7)24(20(25)28)11-13(12-26)16(19(27)32-8)23(24,4)5/h9-10,26H,11-12H2,1-8H3/t24-/m1/s1. The summed E-state index contributed by atoms with van der Waals surface area (Å²) in [6, 6.07) is 3.34. The van der Waals surface area contributed by atoms with Crippen LogP contribution in [0.1, 0.15) is 46.6 Å². The molecular formula is C24H31NO8. The molecule has 180 valence electrons. The quantitative estimate of drug-likeness (QED) is 0.681. The largest absolute Gasteiger partial charge is 0.493 e. The van der Waals surface area contributed by atoms with Crippen LogP contribution in [0.5, 0.6) is 11.5 Å². The number of carbonyl (C=O) groups excluding carboxylic acids is 3. The lowest BCUT2D eigenvalue weighted by molar-refractivity contribution is -0.138. The summed E-state index contributed by atoms with van der Waals surface area (Å²) < 4.78 is 21.5. The molecule has 33 heavy (non-hydrogen) atoms. The molecule has 1 aromatic carbocycles. The van der Waals surface area contributed by atoms with Gasteiger partial charge in [0.25, 0.3) is 0 Å². The molecular weight excluding hydrogens is 430 g/mol. The fourth-order valence-corrected chi connectivity index (χ4v) is 5.06. The molecule has 0 fully saturated rings. The van der Waals surface area contributed by atoms with E-state index in [1.807, 2.05) is 0 Å². The number of rotatable bonds is 4. The Morgan fingerprint density at radius 3 is 2.24 bits per heavy atom. The smallest absolute Gasteiger partial charge is 0.421 e. The van der Waals surface area contributed by atoms with E-state index in [-0.39, 0.29) is 23.4 Å². The third-order valence-corrected chi connectivity index (χ3v) is 6.45. The fourth-order valence-electron chi connectivity index (χ4n) is 5.06. The summed E-state index contributed by atoms with van der Waals surface area (Å²) in [6.07, 6.45) is -0.841. The average Bonchev–Trinajstić information content (AvgIpc) is 3.14. The molecule has 1 aliphatic carbocycles. The fraction of sp³-hybridized carbons (Fsp3) is 0.542. The molecule has 0 saturated carbocycles. The van der Waals surface area contributed by atoms with Crippen LogP contribution in [0.2, 0.25) is 0 Å². The van der Waals surface area contributed by atoms with Gasteiger partial charge in [-0.15, -0.1) is 0 Å². The minimum absolute atomic E-state index is 0.0293. The van der Waals surface area contributed by atoms with E-state index in [1.54, 1.807) is 46.8 Å². The lowest BCUT2D eigenvalue weighted by atomic mass is 9.61. The van der Waals surface area contributed by atoms with E-state index in [0.29, 0.717) is 16.9 Å². The number of fused-ring (bicyclic) bond motifs is 2. The summed E-state index contributed by atoms with van der Waals surface area (Å²) in [7, 11) is 4.11. The molecule has 0 unspecified atom stereocenters. The summed E-state index contributed by atoms with van der Waals surface area (Å²) in [4.78, 5) is 41.2. The van der Waals surface area contributed by atoms with Crippen LogP contribution in [0.3, 0.4) is 0 Å². The van der Waals surface area contributed by atoms with Crippen LogP contribution < -0.4 is 14.4 Å². The summed E-state index contributed by atoms with van der Waals surface area (Å²) >= 11 is 0. The van der Waals surface area contributed by atoms with Crippen molar-refractivity contribution < 1.29 is 38.4 Å². The van der Waals surface area contributed by atoms with Crippen LogP contribution in [0, 0.1) is 5.41 Å². The summed E-state index contributed by atoms with van der Waals surface area (Å²) in [5.41, 5.74) is -2.09. The molecule has 1 atom stereocenters. The Morgan fingerprint density at radius 1 is 1.12 bits per heavy atom. The van der Waals surface area contributed by atoms with Crippen molar-refractivity contribution in [3.63, 3.8) is 0 Å². The van der Waals surface area contributed by atoms with E-state index in [1.165, 1.54) is 21.3 Å². The van der Waals surface area contributed by atoms with Crippen molar-refractivity contribution in [2.45, 2.75) is 52.1 Å². The number of esters is 1. The zero-order valence-corrected chi connectivity index (χ0v) is 20.3. The SMILES string of the molecule is COC(=O)C1=C(CO)C[C@@]2(C(=O)N(C(=O)OC(C)(C)C)c3c2ccc(OC)c3OC)C1(C)C. The Hall–Kier alpha value is -3.07. The van der Waals surface area contributed by atoms with Gasteiger partial charge in [-0.2, -0.15) is 0 Å². The van der Waals surface area contributed by atoms with E-state index in [4.69, 9.17) is 18.9 Å². The highest BCUT2D eigenvalue weighted by atomic mass is 16.6. The second kappa shape index (κ2) is 8.06. The number of methoxy groups -OCH3 is 3. The number of hydrogen-bond donors (Lipinski definition) is 1. The van der Waals surface area contributed by atoms with Crippen molar-refractivity contribution in [3.8, 4) is 11.5 Å². The highest BCUT2D eigenvalue weighted by molar-refractivity contribution is 6.24. The molecule has 0 aromatic heterocycles. The Labute approximate surface area is 193 Å². The average molecular weight is 462 g/mol. The van der Waals surface area contributed by atoms with Gasteiger partial charge in [-0.05, 0) is 44.4 Å². The number of nitrogens with zero attached hydrogens (tertiary/aromatic N) is 1. The maximum absolute atomic E-state index is 14.2. The topological polar surface area (TPSA) is 112 Å². The van der Waals surface area contributed by atoms with Crippen LogP contribution in [-0.2, 0) is 24.5 Å². The first kappa shape index (κ1) is 24.6. The number of aliphatic hydroxyl groups excluding tert-OH is 1. The van der Waals surface area contributed by atoms with Gasteiger partial charge in [0.2, 0.25) is 5.91 Å². The van der Waals surface area contributed by atoms with E-state index in [0.717, 1.165) is 4.90 Å². The van der Waals surface area contributed by atoms with Crippen LogP contribution in [0.15, 0.2) is 23.3 Å². The van der Waals surface area contributed by atoms with Crippen LogP contribution in [0.25, 0.3) is 0 Å². The molecule has 3 rings (SSSR count).